The number of piperidine rings is 1. The van der Waals surface area contributed by atoms with Crippen molar-refractivity contribution in [3.8, 4) is 23.3 Å². The number of nitrogens with two attached hydrogens (primary N) is 1. The normalized spacial score (nSPS) is 16.8. The van der Waals surface area contributed by atoms with E-state index in [9.17, 15) is 4.79 Å². The Labute approximate surface area is 213 Å². The van der Waals surface area contributed by atoms with Gasteiger partial charge in [-0.25, -0.2) is 9.97 Å². The van der Waals surface area contributed by atoms with Gasteiger partial charge in [0.25, 0.3) is 5.91 Å². The van der Waals surface area contributed by atoms with Crippen LogP contribution in [0.5, 0.6) is 5.88 Å². The van der Waals surface area contributed by atoms with Crippen LogP contribution in [0.15, 0.2) is 42.6 Å². The zero-order chi connectivity index (χ0) is 26.2. The molecule has 0 radical (unpaired) electrons. The first-order valence-electron chi connectivity index (χ1n) is 11.7. The fourth-order valence-electron chi connectivity index (χ4n) is 4.59. The van der Waals surface area contributed by atoms with Gasteiger partial charge in [0.1, 0.15) is 17.6 Å². The van der Waals surface area contributed by atoms with Crippen molar-refractivity contribution in [2.45, 2.75) is 26.3 Å². The second-order valence-corrected chi connectivity index (χ2v) is 9.53. The van der Waals surface area contributed by atoms with Gasteiger partial charge >= 0.3 is 0 Å². The van der Waals surface area contributed by atoms with Crippen LogP contribution in [0.25, 0.3) is 17.0 Å². The Kier molecular flexibility index (Phi) is 6.04. The number of anilines is 2. The molecule has 12 nitrogen and oxygen atoms in total. The van der Waals surface area contributed by atoms with Crippen LogP contribution in [-0.2, 0) is 0 Å². The van der Waals surface area contributed by atoms with E-state index in [0.29, 0.717) is 41.8 Å². The van der Waals surface area contributed by atoms with Crippen LogP contribution in [0.2, 0.25) is 0 Å². The molecule has 1 aliphatic rings. The number of ether oxygens (including phenoxy) is 1. The number of nitrogens with one attached hydrogen (secondary N) is 1. The third-order valence-electron chi connectivity index (χ3n) is 6.57. The third-order valence-corrected chi connectivity index (χ3v) is 6.57. The van der Waals surface area contributed by atoms with Gasteiger partial charge in [-0.3, -0.25) is 4.79 Å². The van der Waals surface area contributed by atoms with Crippen molar-refractivity contribution in [2.24, 2.45) is 11.1 Å². The van der Waals surface area contributed by atoms with E-state index >= 15 is 0 Å². The molecule has 5 heterocycles. The highest BCUT2D eigenvalue weighted by Gasteiger charge is 2.37. The molecule has 0 spiro atoms. The summed E-state index contributed by atoms with van der Waals surface area (Å²) in [6, 6.07) is 12.7. The molecule has 5 rings (SSSR count). The number of methoxy groups -OCH3 is 1. The number of fused-ring (bicyclic) bond motifs is 1. The zero-order valence-corrected chi connectivity index (χ0v) is 20.7. The van der Waals surface area contributed by atoms with E-state index in [-0.39, 0.29) is 22.7 Å². The van der Waals surface area contributed by atoms with E-state index in [1.807, 2.05) is 24.3 Å². The maximum absolute atomic E-state index is 12.3. The summed E-state index contributed by atoms with van der Waals surface area (Å²) in [5, 5.41) is 25.4. The number of aromatic nitrogens is 6. The molecule has 3 N–H and O–H groups in total. The maximum atomic E-state index is 12.3. The largest absolute Gasteiger partial charge is 0.481 e. The molecule has 1 atom stereocenters. The van der Waals surface area contributed by atoms with Crippen LogP contribution in [0.3, 0.4) is 0 Å². The molecular formula is C25H26N10O2. The van der Waals surface area contributed by atoms with E-state index in [0.717, 1.165) is 12.2 Å². The smallest absolute Gasteiger partial charge is 0.254 e. The lowest BCUT2D eigenvalue weighted by atomic mass is 9.79. The molecule has 4 aromatic heterocycles. The summed E-state index contributed by atoms with van der Waals surface area (Å²) in [5.74, 6) is 1.07. The predicted octanol–water partition coefficient (Wildman–Crippen LogP) is 2.28. The van der Waals surface area contributed by atoms with Crippen molar-refractivity contribution in [1.82, 2.24) is 29.8 Å². The Morgan fingerprint density at radius 2 is 2.08 bits per heavy atom. The number of hydrogen-bond donors (Lipinski definition) is 2. The maximum Gasteiger partial charge on any atom is 0.254 e. The first kappa shape index (κ1) is 23.9. The van der Waals surface area contributed by atoms with Gasteiger partial charge in [-0.2, -0.15) is 14.9 Å². The van der Waals surface area contributed by atoms with Crippen LogP contribution in [0, 0.1) is 16.7 Å². The van der Waals surface area contributed by atoms with Gasteiger partial charge in [0, 0.05) is 42.9 Å². The average Bonchev–Trinajstić information content (AvgIpc) is 3.34. The first-order chi connectivity index (χ1) is 17.8. The van der Waals surface area contributed by atoms with Gasteiger partial charge in [-0.05, 0) is 24.6 Å². The van der Waals surface area contributed by atoms with Gasteiger partial charge in [0.15, 0.2) is 17.2 Å². The lowest BCUT2D eigenvalue weighted by Crippen LogP contribution is -2.52. The quantitative estimate of drug-likeness (QED) is 0.403. The molecule has 0 aliphatic carbocycles. The Morgan fingerprint density at radius 1 is 1.24 bits per heavy atom. The van der Waals surface area contributed by atoms with E-state index in [2.05, 4.69) is 44.2 Å². The van der Waals surface area contributed by atoms with Crippen molar-refractivity contribution in [3.63, 3.8) is 0 Å². The van der Waals surface area contributed by atoms with E-state index < -0.39 is 5.91 Å². The minimum atomic E-state index is -0.600. The first-order valence-corrected chi connectivity index (χ1v) is 11.7. The van der Waals surface area contributed by atoms with Crippen LogP contribution < -0.4 is 20.7 Å². The number of carbonyl (C=O) groups excluding carboxylic acids is 1. The standard InChI is InChI=1S/C25H26N10O2/c1-25(2)14-34(20-8-7-15(12-26)31-32-20)10-9-19(25)30-24-16(23(27)36)13-28-21-11-18(33-35(21)24)17-5-4-6-22(29-17)37-3/h4-8,11,13,19,30H,9-10,14H2,1-3H3,(H2,27,36)/t19-/m1/s1. The van der Waals surface area contributed by atoms with Crippen LogP contribution >= 0.6 is 0 Å². The number of nitriles is 1. The Balaban J connectivity index is 1.46. The van der Waals surface area contributed by atoms with Crippen molar-refractivity contribution in [2.75, 3.05) is 30.4 Å². The summed E-state index contributed by atoms with van der Waals surface area (Å²) in [6.07, 6.45) is 2.22. The molecule has 37 heavy (non-hydrogen) atoms. The summed E-state index contributed by atoms with van der Waals surface area (Å²) in [6.45, 7) is 5.68. The number of rotatable bonds is 6. The van der Waals surface area contributed by atoms with Crippen molar-refractivity contribution in [1.29, 1.82) is 5.26 Å². The van der Waals surface area contributed by atoms with Crippen molar-refractivity contribution >= 4 is 23.2 Å². The summed E-state index contributed by atoms with van der Waals surface area (Å²) in [4.78, 5) is 23.3. The molecule has 0 aromatic carbocycles. The molecule has 1 amide bonds. The topological polar surface area (TPSA) is 160 Å². The minimum absolute atomic E-state index is 0.0126. The Hall–Kier alpha value is -4.79. The predicted molar refractivity (Wildman–Crippen MR) is 136 cm³/mol. The SMILES string of the molecule is COc1cccc(-c2cc3ncc(C(N)=O)c(N[C@@H]4CCN(c5ccc(C#N)nn5)CC4(C)C)n3n2)n1. The number of carbonyl (C=O) groups is 1. The van der Waals surface area contributed by atoms with Crippen molar-refractivity contribution in [3.05, 3.63) is 53.9 Å². The molecule has 12 heteroatoms. The van der Waals surface area contributed by atoms with Crippen LogP contribution in [0.1, 0.15) is 36.3 Å². The summed E-state index contributed by atoms with van der Waals surface area (Å²) in [7, 11) is 1.56. The molecular weight excluding hydrogens is 472 g/mol. The summed E-state index contributed by atoms with van der Waals surface area (Å²) in [5.41, 5.74) is 7.77. The molecule has 188 valence electrons. The van der Waals surface area contributed by atoms with Gasteiger partial charge < -0.3 is 20.7 Å². The highest BCUT2D eigenvalue weighted by molar-refractivity contribution is 5.97. The summed E-state index contributed by atoms with van der Waals surface area (Å²) >= 11 is 0. The van der Waals surface area contributed by atoms with Gasteiger partial charge in [0.2, 0.25) is 5.88 Å². The monoisotopic (exact) mass is 498 g/mol. The zero-order valence-electron chi connectivity index (χ0n) is 20.7. The average molecular weight is 499 g/mol. The van der Waals surface area contributed by atoms with E-state index in [1.165, 1.54) is 6.20 Å². The van der Waals surface area contributed by atoms with Gasteiger partial charge in [-0.15, -0.1) is 10.2 Å². The number of hydrogen-bond acceptors (Lipinski definition) is 10. The fourth-order valence-corrected chi connectivity index (χ4v) is 4.59. The fraction of sp³-hybridized carbons (Fsp3) is 0.320. The second kappa shape index (κ2) is 9.34. The number of pyridine rings is 1. The van der Waals surface area contributed by atoms with E-state index in [4.69, 9.17) is 20.8 Å². The number of nitrogens with zero attached hydrogens (tertiary/aromatic N) is 8. The molecule has 0 saturated carbocycles. The van der Waals surface area contributed by atoms with Crippen LogP contribution in [-0.4, -0.2) is 61.9 Å². The number of amides is 1. The van der Waals surface area contributed by atoms with E-state index in [1.54, 1.807) is 29.8 Å². The molecule has 1 saturated heterocycles. The molecule has 1 aliphatic heterocycles. The number of primary amides is 1. The van der Waals surface area contributed by atoms with Gasteiger partial charge in [-0.1, -0.05) is 19.9 Å². The third kappa shape index (κ3) is 4.58. The second-order valence-electron chi connectivity index (χ2n) is 9.53. The highest BCUT2D eigenvalue weighted by atomic mass is 16.5. The Bertz CT molecular complexity index is 1510. The molecule has 4 aromatic rings. The van der Waals surface area contributed by atoms with Crippen molar-refractivity contribution < 1.29 is 9.53 Å². The molecule has 1 fully saturated rings. The Morgan fingerprint density at radius 3 is 2.76 bits per heavy atom. The highest BCUT2D eigenvalue weighted by Crippen LogP contribution is 2.34. The van der Waals surface area contributed by atoms with Crippen LogP contribution in [0.4, 0.5) is 11.6 Å². The summed E-state index contributed by atoms with van der Waals surface area (Å²) < 4.78 is 6.84. The molecule has 0 unspecified atom stereocenters. The minimum Gasteiger partial charge on any atom is -0.481 e. The lowest BCUT2D eigenvalue weighted by molar-refractivity contribution is 0.1000. The van der Waals surface area contributed by atoms with Gasteiger partial charge in [0.05, 0.1) is 18.4 Å². The molecule has 0 bridgehead atoms. The lowest BCUT2D eigenvalue weighted by Gasteiger charge is -2.45.